The molecule has 1 saturated heterocycles. The van der Waals surface area contributed by atoms with Gasteiger partial charge in [0.05, 0.1) is 19.1 Å². The summed E-state index contributed by atoms with van der Waals surface area (Å²) in [7, 11) is 1.46. The number of hydrogen-bond acceptors (Lipinski definition) is 3. The Morgan fingerprint density at radius 3 is 2.53 bits per heavy atom. The second kappa shape index (κ2) is 2.97. The number of epoxide rings is 1. The highest BCUT2D eigenvalue weighted by atomic mass is 16.6. The maximum absolute atomic E-state index is 11.9. The van der Waals surface area contributed by atoms with Crippen LogP contribution in [0.1, 0.15) is 34.1 Å². The van der Waals surface area contributed by atoms with Crippen molar-refractivity contribution in [2.24, 2.45) is 17.3 Å². The standard InChI is InChI=1S/C12H20O3/c1-7-6-8-12(4,15-8)9(10(13)14-5)11(7,2)3/h7-9H,6H2,1-5H3/t7-,8-,9+,12-/m0/s1. The molecule has 0 aromatic rings. The van der Waals surface area contributed by atoms with Crippen LogP contribution in [0.5, 0.6) is 0 Å². The van der Waals surface area contributed by atoms with E-state index >= 15 is 0 Å². The third-order valence-electron chi connectivity index (χ3n) is 4.57. The molecule has 3 heteroatoms. The summed E-state index contributed by atoms with van der Waals surface area (Å²) in [5.74, 6) is 0.225. The molecular formula is C12H20O3. The number of methoxy groups -OCH3 is 1. The van der Waals surface area contributed by atoms with Gasteiger partial charge in [-0.1, -0.05) is 20.8 Å². The van der Waals surface area contributed by atoms with E-state index in [2.05, 4.69) is 20.8 Å². The predicted molar refractivity (Wildman–Crippen MR) is 56.3 cm³/mol. The first-order chi connectivity index (χ1) is 6.84. The summed E-state index contributed by atoms with van der Waals surface area (Å²) in [4.78, 5) is 11.9. The van der Waals surface area contributed by atoms with Crippen LogP contribution >= 0.6 is 0 Å². The number of esters is 1. The molecule has 0 radical (unpaired) electrons. The van der Waals surface area contributed by atoms with Gasteiger partial charge in [0.1, 0.15) is 5.60 Å². The van der Waals surface area contributed by atoms with Crippen molar-refractivity contribution in [3.8, 4) is 0 Å². The molecule has 0 unspecified atom stereocenters. The number of ether oxygens (including phenoxy) is 2. The summed E-state index contributed by atoms with van der Waals surface area (Å²) in [5.41, 5.74) is -0.321. The fraction of sp³-hybridized carbons (Fsp3) is 0.917. The first-order valence-corrected chi connectivity index (χ1v) is 5.59. The monoisotopic (exact) mass is 212 g/mol. The van der Waals surface area contributed by atoms with E-state index in [1.54, 1.807) is 0 Å². The Hall–Kier alpha value is -0.570. The van der Waals surface area contributed by atoms with E-state index in [0.717, 1.165) is 6.42 Å². The zero-order chi connectivity index (χ0) is 11.4. The summed E-state index contributed by atoms with van der Waals surface area (Å²) in [6.07, 6.45) is 1.31. The summed E-state index contributed by atoms with van der Waals surface area (Å²) in [6, 6.07) is 0. The molecule has 0 aromatic heterocycles. The van der Waals surface area contributed by atoms with Crippen LogP contribution < -0.4 is 0 Å². The molecular weight excluding hydrogens is 192 g/mol. The normalized spacial score (nSPS) is 46.9. The van der Waals surface area contributed by atoms with Crippen LogP contribution in [0.2, 0.25) is 0 Å². The van der Waals surface area contributed by atoms with Crippen molar-refractivity contribution in [1.82, 2.24) is 0 Å². The summed E-state index contributed by atoms with van der Waals surface area (Å²) < 4.78 is 10.6. The molecule has 0 amide bonds. The quantitative estimate of drug-likeness (QED) is 0.493. The first-order valence-electron chi connectivity index (χ1n) is 5.59. The van der Waals surface area contributed by atoms with Crippen LogP contribution in [-0.2, 0) is 14.3 Å². The molecule has 2 aliphatic rings. The van der Waals surface area contributed by atoms with Crippen molar-refractivity contribution in [2.45, 2.75) is 45.8 Å². The molecule has 86 valence electrons. The van der Waals surface area contributed by atoms with Gasteiger partial charge in [0.2, 0.25) is 0 Å². The van der Waals surface area contributed by atoms with Gasteiger partial charge in [-0.25, -0.2) is 0 Å². The molecule has 2 fully saturated rings. The van der Waals surface area contributed by atoms with Gasteiger partial charge < -0.3 is 9.47 Å². The molecule has 1 aliphatic carbocycles. The number of carbonyl (C=O) groups is 1. The van der Waals surface area contributed by atoms with Crippen molar-refractivity contribution in [2.75, 3.05) is 7.11 Å². The average molecular weight is 212 g/mol. The first kappa shape index (κ1) is 10.9. The molecule has 4 atom stereocenters. The van der Waals surface area contributed by atoms with Crippen LogP contribution in [0.25, 0.3) is 0 Å². The molecule has 0 bridgehead atoms. The fourth-order valence-corrected chi connectivity index (χ4v) is 3.11. The molecule has 0 spiro atoms. The lowest BCUT2D eigenvalue weighted by Gasteiger charge is -2.43. The minimum absolute atomic E-state index is 0.0468. The largest absolute Gasteiger partial charge is 0.469 e. The molecule has 15 heavy (non-hydrogen) atoms. The van der Waals surface area contributed by atoms with Crippen LogP contribution in [0.3, 0.4) is 0 Å². The van der Waals surface area contributed by atoms with Gasteiger partial charge >= 0.3 is 5.97 Å². The highest BCUT2D eigenvalue weighted by Crippen LogP contribution is 2.60. The zero-order valence-electron chi connectivity index (χ0n) is 10.2. The fourth-order valence-electron chi connectivity index (χ4n) is 3.11. The van der Waals surface area contributed by atoms with Gasteiger partial charge in [-0.05, 0) is 24.7 Å². The number of carbonyl (C=O) groups excluding carboxylic acids is 1. The minimum atomic E-state index is -0.275. The van der Waals surface area contributed by atoms with Crippen LogP contribution in [0.15, 0.2) is 0 Å². The van der Waals surface area contributed by atoms with Gasteiger partial charge in [-0.15, -0.1) is 0 Å². The topological polar surface area (TPSA) is 38.8 Å². The number of rotatable bonds is 1. The second-order valence-corrected chi connectivity index (χ2v) is 5.70. The molecule has 1 heterocycles. The van der Waals surface area contributed by atoms with Gasteiger partial charge in [-0.3, -0.25) is 4.79 Å². The molecule has 0 N–H and O–H groups in total. The number of fused-ring (bicyclic) bond motifs is 1. The Kier molecular flexibility index (Phi) is 2.16. The van der Waals surface area contributed by atoms with E-state index in [1.807, 2.05) is 6.92 Å². The van der Waals surface area contributed by atoms with E-state index in [9.17, 15) is 4.79 Å². The zero-order valence-corrected chi connectivity index (χ0v) is 10.2. The van der Waals surface area contributed by atoms with E-state index in [4.69, 9.17) is 9.47 Å². The van der Waals surface area contributed by atoms with E-state index in [0.29, 0.717) is 5.92 Å². The molecule has 1 saturated carbocycles. The van der Waals surface area contributed by atoms with Gasteiger partial charge in [-0.2, -0.15) is 0 Å². The summed E-state index contributed by atoms with van der Waals surface area (Å²) >= 11 is 0. The highest BCUT2D eigenvalue weighted by Gasteiger charge is 2.69. The highest BCUT2D eigenvalue weighted by molar-refractivity contribution is 5.76. The molecule has 1 aliphatic heterocycles. The lowest BCUT2D eigenvalue weighted by molar-refractivity contribution is -0.155. The maximum Gasteiger partial charge on any atom is 0.312 e. The Morgan fingerprint density at radius 1 is 1.40 bits per heavy atom. The SMILES string of the molecule is COC(=O)[C@@H]1C(C)(C)[C@@H](C)C[C@@H]2O[C@@]21C. The van der Waals surface area contributed by atoms with Crippen LogP contribution in [-0.4, -0.2) is 24.8 Å². The maximum atomic E-state index is 11.9. The predicted octanol–water partition coefficient (Wildman–Crippen LogP) is 2.00. The van der Waals surface area contributed by atoms with Gasteiger partial charge in [0.15, 0.2) is 0 Å². The third-order valence-corrected chi connectivity index (χ3v) is 4.57. The van der Waals surface area contributed by atoms with E-state index in [-0.39, 0.29) is 29.0 Å². The lowest BCUT2D eigenvalue weighted by Crippen LogP contribution is -2.49. The van der Waals surface area contributed by atoms with Crippen molar-refractivity contribution >= 4 is 5.97 Å². The van der Waals surface area contributed by atoms with Crippen molar-refractivity contribution in [3.05, 3.63) is 0 Å². The van der Waals surface area contributed by atoms with Gasteiger partial charge in [0.25, 0.3) is 0 Å². The molecule has 2 rings (SSSR count). The van der Waals surface area contributed by atoms with Crippen molar-refractivity contribution in [3.63, 3.8) is 0 Å². The van der Waals surface area contributed by atoms with Crippen LogP contribution in [0, 0.1) is 17.3 Å². The lowest BCUT2D eigenvalue weighted by atomic mass is 9.59. The Morgan fingerprint density at radius 2 is 2.00 bits per heavy atom. The average Bonchev–Trinajstić information content (AvgIpc) is 2.75. The van der Waals surface area contributed by atoms with E-state index in [1.165, 1.54) is 7.11 Å². The summed E-state index contributed by atoms with van der Waals surface area (Å²) in [6.45, 7) is 8.51. The van der Waals surface area contributed by atoms with Crippen molar-refractivity contribution < 1.29 is 14.3 Å². The second-order valence-electron chi connectivity index (χ2n) is 5.70. The Balaban J connectivity index is 2.33. The summed E-state index contributed by atoms with van der Waals surface area (Å²) in [5, 5.41) is 0. The van der Waals surface area contributed by atoms with Crippen molar-refractivity contribution in [1.29, 1.82) is 0 Å². The van der Waals surface area contributed by atoms with Gasteiger partial charge in [0, 0.05) is 0 Å². The molecule has 3 nitrogen and oxygen atoms in total. The molecule has 0 aromatic carbocycles. The minimum Gasteiger partial charge on any atom is -0.469 e. The van der Waals surface area contributed by atoms with Crippen LogP contribution in [0.4, 0.5) is 0 Å². The Labute approximate surface area is 91.1 Å². The number of hydrogen-bond donors (Lipinski definition) is 0. The third kappa shape index (κ3) is 1.32. The van der Waals surface area contributed by atoms with E-state index < -0.39 is 0 Å². The smallest absolute Gasteiger partial charge is 0.312 e. The Bertz CT molecular complexity index is 297.